The lowest BCUT2D eigenvalue weighted by Gasteiger charge is -2.34. The Balaban J connectivity index is 1.57. The maximum atomic E-state index is 14.3. The van der Waals surface area contributed by atoms with Crippen LogP contribution >= 0.6 is 0 Å². The van der Waals surface area contributed by atoms with Gasteiger partial charge in [-0.05, 0) is 51.8 Å². The van der Waals surface area contributed by atoms with E-state index in [1.165, 1.54) is 6.07 Å². The molecular weight excluding hydrogens is 395 g/mol. The molecule has 0 spiro atoms. The number of ether oxygens (including phenoxy) is 1. The highest BCUT2D eigenvalue weighted by atomic mass is 19.1. The summed E-state index contributed by atoms with van der Waals surface area (Å²) in [5, 5.41) is 3.51. The maximum absolute atomic E-state index is 14.3. The van der Waals surface area contributed by atoms with Crippen LogP contribution in [-0.4, -0.2) is 45.3 Å². The molecule has 3 aromatic rings. The second-order valence-corrected chi connectivity index (χ2v) is 9.01. The van der Waals surface area contributed by atoms with Crippen molar-refractivity contribution in [2.45, 2.75) is 51.8 Å². The summed E-state index contributed by atoms with van der Waals surface area (Å²) in [5.41, 5.74) is 1.87. The van der Waals surface area contributed by atoms with Crippen molar-refractivity contribution >= 4 is 23.1 Å². The monoisotopic (exact) mass is 424 g/mol. The van der Waals surface area contributed by atoms with Crippen molar-refractivity contribution in [1.29, 1.82) is 0 Å². The molecule has 2 heterocycles. The van der Waals surface area contributed by atoms with Crippen molar-refractivity contribution in [2.24, 2.45) is 0 Å². The third kappa shape index (κ3) is 4.98. The van der Waals surface area contributed by atoms with E-state index in [1.807, 2.05) is 55.7 Å². The SMILES string of the molecule is CC(C)(C)OC(=O)N1CCC[C@H](Nc2nc3ccccc3n2Cc2ccccc2F)C1. The second kappa shape index (κ2) is 8.57. The number of para-hydroxylation sites is 2. The van der Waals surface area contributed by atoms with Gasteiger partial charge in [-0.15, -0.1) is 0 Å². The van der Waals surface area contributed by atoms with E-state index in [-0.39, 0.29) is 18.0 Å². The van der Waals surface area contributed by atoms with Crippen LogP contribution in [0.5, 0.6) is 0 Å². The van der Waals surface area contributed by atoms with E-state index in [0.717, 1.165) is 23.9 Å². The van der Waals surface area contributed by atoms with Gasteiger partial charge in [-0.25, -0.2) is 14.2 Å². The van der Waals surface area contributed by atoms with Gasteiger partial charge in [0, 0.05) is 24.7 Å². The Morgan fingerprint density at radius 3 is 2.71 bits per heavy atom. The molecule has 0 bridgehead atoms. The number of carbonyl (C=O) groups is 1. The Labute approximate surface area is 182 Å². The van der Waals surface area contributed by atoms with Gasteiger partial charge < -0.3 is 19.5 Å². The van der Waals surface area contributed by atoms with Crippen LogP contribution in [0.2, 0.25) is 0 Å². The highest BCUT2D eigenvalue weighted by Gasteiger charge is 2.28. The van der Waals surface area contributed by atoms with Crippen LogP contribution in [0.1, 0.15) is 39.2 Å². The van der Waals surface area contributed by atoms with E-state index in [9.17, 15) is 9.18 Å². The van der Waals surface area contributed by atoms with Crippen LogP contribution in [0.25, 0.3) is 11.0 Å². The van der Waals surface area contributed by atoms with E-state index in [1.54, 1.807) is 17.0 Å². The Morgan fingerprint density at radius 1 is 1.19 bits per heavy atom. The molecule has 1 N–H and O–H groups in total. The number of rotatable bonds is 4. The predicted octanol–water partition coefficient (Wildman–Crippen LogP) is 5.04. The number of aromatic nitrogens is 2. The molecule has 31 heavy (non-hydrogen) atoms. The van der Waals surface area contributed by atoms with Crippen LogP contribution in [0.3, 0.4) is 0 Å². The quantitative estimate of drug-likeness (QED) is 0.638. The number of nitrogens with one attached hydrogen (secondary N) is 1. The third-order valence-electron chi connectivity index (χ3n) is 5.35. The molecule has 1 aliphatic heterocycles. The number of likely N-dealkylation sites (tertiary alicyclic amines) is 1. The van der Waals surface area contributed by atoms with Gasteiger partial charge in [-0.3, -0.25) is 0 Å². The van der Waals surface area contributed by atoms with Gasteiger partial charge in [0.25, 0.3) is 0 Å². The lowest BCUT2D eigenvalue weighted by molar-refractivity contribution is 0.0206. The summed E-state index contributed by atoms with van der Waals surface area (Å²) in [6.07, 6.45) is 1.51. The molecular formula is C24H29FN4O2. The van der Waals surface area contributed by atoms with E-state index in [4.69, 9.17) is 9.72 Å². The highest BCUT2D eigenvalue weighted by Crippen LogP contribution is 2.24. The van der Waals surface area contributed by atoms with Crippen molar-refractivity contribution in [2.75, 3.05) is 18.4 Å². The minimum absolute atomic E-state index is 0.0393. The molecule has 1 atom stereocenters. The molecule has 0 saturated carbocycles. The van der Waals surface area contributed by atoms with Gasteiger partial charge >= 0.3 is 6.09 Å². The lowest BCUT2D eigenvalue weighted by atomic mass is 10.1. The fourth-order valence-corrected chi connectivity index (χ4v) is 3.91. The standard InChI is InChI=1S/C24H29FN4O2/c1-24(2,3)31-23(30)28-14-8-10-18(16-28)26-22-27-20-12-6-7-13-21(20)29(22)15-17-9-4-5-11-19(17)25/h4-7,9,11-13,18H,8,10,14-16H2,1-3H3,(H,26,27)/t18-/m0/s1. The number of halogens is 1. The fourth-order valence-electron chi connectivity index (χ4n) is 3.91. The van der Waals surface area contributed by atoms with Crippen LogP contribution in [-0.2, 0) is 11.3 Å². The highest BCUT2D eigenvalue weighted by molar-refractivity contribution is 5.79. The van der Waals surface area contributed by atoms with Crippen molar-refractivity contribution in [3.05, 3.63) is 59.9 Å². The zero-order chi connectivity index (χ0) is 22.0. The maximum Gasteiger partial charge on any atom is 0.410 e. The number of fused-ring (bicyclic) bond motifs is 1. The smallest absolute Gasteiger partial charge is 0.410 e. The van der Waals surface area contributed by atoms with Gasteiger partial charge in [0.1, 0.15) is 11.4 Å². The summed E-state index contributed by atoms with van der Waals surface area (Å²) in [7, 11) is 0. The first-order valence-corrected chi connectivity index (χ1v) is 10.7. The van der Waals surface area contributed by atoms with Gasteiger partial charge in [-0.2, -0.15) is 0 Å². The number of benzene rings is 2. The van der Waals surface area contributed by atoms with Crippen molar-refractivity contribution in [3.63, 3.8) is 0 Å². The summed E-state index contributed by atoms with van der Waals surface area (Å²) >= 11 is 0. The van der Waals surface area contributed by atoms with E-state index < -0.39 is 5.60 Å². The Hall–Kier alpha value is -3.09. The lowest BCUT2D eigenvalue weighted by Crippen LogP contribution is -2.47. The molecule has 164 valence electrons. The zero-order valence-electron chi connectivity index (χ0n) is 18.3. The average molecular weight is 425 g/mol. The summed E-state index contributed by atoms with van der Waals surface area (Å²) in [5.74, 6) is 0.445. The number of amides is 1. The summed E-state index contributed by atoms with van der Waals surface area (Å²) < 4.78 is 21.9. The van der Waals surface area contributed by atoms with E-state index >= 15 is 0 Å². The van der Waals surface area contributed by atoms with Gasteiger partial charge in [0.15, 0.2) is 0 Å². The first-order chi connectivity index (χ1) is 14.8. The molecule has 4 rings (SSSR count). The molecule has 0 unspecified atom stereocenters. The first kappa shape index (κ1) is 21.2. The van der Waals surface area contributed by atoms with Crippen molar-refractivity contribution in [1.82, 2.24) is 14.5 Å². The minimum atomic E-state index is -0.523. The van der Waals surface area contributed by atoms with Crippen molar-refractivity contribution in [3.8, 4) is 0 Å². The number of anilines is 1. The zero-order valence-corrected chi connectivity index (χ0v) is 18.3. The molecule has 1 amide bonds. The van der Waals surface area contributed by atoms with Gasteiger partial charge in [0.05, 0.1) is 17.6 Å². The minimum Gasteiger partial charge on any atom is -0.444 e. The van der Waals surface area contributed by atoms with Gasteiger partial charge in [0.2, 0.25) is 5.95 Å². The molecule has 1 aromatic heterocycles. The molecule has 2 aromatic carbocycles. The number of piperidine rings is 1. The Morgan fingerprint density at radius 2 is 1.94 bits per heavy atom. The molecule has 6 nitrogen and oxygen atoms in total. The van der Waals surface area contributed by atoms with Crippen LogP contribution < -0.4 is 5.32 Å². The Kier molecular flexibility index (Phi) is 5.85. The number of nitrogens with zero attached hydrogens (tertiary/aromatic N) is 3. The van der Waals surface area contributed by atoms with Crippen LogP contribution in [0.4, 0.5) is 15.1 Å². The van der Waals surface area contributed by atoms with Crippen LogP contribution in [0.15, 0.2) is 48.5 Å². The van der Waals surface area contributed by atoms with Gasteiger partial charge in [-0.1, -0.05) is 30.3 Å². The summed E-state index contributed by atoms with van der Waals surface area (Å²) in [6.45, 7) is 7.20. The molecule has 1 fully saturated rings. The topological polar surface area (TPSA) is 59.4 Å². The normalized spacial score (nSPS) is 17.0. The largest absolute Gasteiger partial charge is 0.444 e. The summed E-state index contributed by atoms with van der Waals surface area (Å²) in [6, 6.07) is 14.7. The number of hydrogen-bond donors (Lipinski definition) is 1. The number of carbonyl (C=O) groups excluding carboxylic acids is 1. The molecule has 1 saturated heterocycles. The van der Waals surface area contributed by atoms with E-state index in [2.05, 4.69) is 5.32 Å². The number of imidazole rings is 1. The molecule has 0 radical (unpaired) electrons. The Bertz CT molecular complexity index is 1070. The first-order valence-electron chi connectivity index (χ1n) is 10.7. The molecule has 0 aliphatic carbocycles. The predicted molar refractivity (Wildman–Crippen MR) is 120 cm³/mol. The summed E-state index contributed by atoms with van der Waals surface area (Å²) in [4.78, 5) is 19.0. The van der Waals surface area contributed by atoms with Crippen LogP contribution in [0, 0.1) is 5.82 Å². The third-order valence-corrected chi connectivity index (χ3v) is 5.35. The fraction of sp³-hybridized carbons (Fsp3) is 0.417. The number of hydrogen-bond acceptors (Lipinski definition) is 4. The molecule has 1 aliphatic rings. The second-order valence-electron chi connectivity index (χ2n) is 9.01. The van der Waals surface area contributed by atoms with E-state index in [0.29, 0.717) is 31.1 Å². The average Bonchev–Trinajstić information content (AvgIpc) is 3.06. The van der Waals surface area contributed by atoms with Crippen molar-refractivity contribution < 1.29 is 13.9 Å². The molecule has 7 heteroatoms.